The number of nitrogens with one attached hydrogen (secondary N) is 1. The van der Waals surface area contributed by atoms with Crippen LogP contribution in [-0.4, -0.2) is 22.6 Å². The summed E-state index contributed by atoms with van der Waals surface area (Å²) >= 11 is 0. The highest BCUT2D eigenvalue weighted by atomic mass is 16.2. The van der Waals surface area contributed by atoms with Crippen molar-refractivity contribution < 1.29 is 9.90 Å². The minimum absolute atomic E-state index is 0.0129. The maximum absolute atomic E-state index is 11.9. The molecule has 2 N–H and O–H groups in total. The predicted molar refractivity (Wildman–Crippen MR) is 70.9 cm³/mol. The normalized spacial score (nSPS) is 9.78. The molecule has 96 valence electrons. The molecule has 4 heteroatoms. The number of aliphatic hydroxyl groups is 1. The van der Waals surface area contributed by atoms with E-state index in [0.29, 0.717) is 11.5 Å². The Morgan fingerprint density at radius 3 is 2.78 bits per heavy atom. The number of carbonyl (C=O) groups is 1. The van der Waals surface area contributed by atoms with E-state index in [1.807, 2.05) is 13.8 Å². The van der Waals surface area contributed by atoms with E-state index in [2.05, 4.69) is 22.1 Å². The first-order valence-electron chi connectivity index (χ1n) is 6.08. The van der Waals surface area contributed by atoms with Crippen LogP contribution in [0.3, 0.4) is 0 Å². The van der Waals surface area contributed by atoms with E-state index in [1.54, 1.807) is 18.2 Å². The summed E-state index contributed by atoms with van der Waals surface area (Å²) in [5.41, 5.74) is 0.534. The minimum atomic E-state index is -0.202. The summed E-state index contributed by atoms with van der Waals surface area (Å²) < 4.78 is 0. The monoisotopic (exact) mass is 246 g/mol. The van der Waals surface area contributed by atoms with Crippen molar-refractivity contribution in [2.24, 2.45) is 5.92 Å². The number of anilines is 1. The fourth-order valence-electron chi connectivity index (χ4n) is 1.59. The van der Waals surface area contributed by atoms with Crippen LogP contribution in [0.4, 0.5) is 5.82 Å². The Morgan fingerprint density at radius 1 is 1.44 bits per heavy atom. The summed E-state index contributed by atoms with van der Waals surface area (Å²) in [6, 6.07) is 5.23. The van der Waals surface area contributed by atoms with Gasteiger partial charge in [-0.05, 0) is 30.9 Å². The van der Waals surface area contributed by atoms with Crippen molar-refractivity contribution >= 4 is 11.7 Å². The molecule has 4 nitrogen and oxygen atoms in total. The molecular formula is C14H18N2O2. The van der Waals surface area contributed by atoms with Crippen LogP contribution in [0, 0.1) is 17.8 Å². The number of aromatic nitrogens is 1. The van der Waals surface area contributed by atoms with Crippen LogP contribution >= 0.6 is 0 Å². The fraction of sp³-hybridized carbons (Fsp3) is 0.429. The standard InChI is InChI=1S/C14H18N2O2/c1-3-11(4-2)14(18)16-13-9-5-7-12(15-13)8-6-10-17/h5,7,9,11,17H,3-4,10H2,1-2H3,(H,15,16,18). The molecule has 0 aromatic carbocycles. The van der Waals surface area contributed by atoms with Gasteiger partial charge >= 0.3 is 0 Å². The molecule has 1 amide bonds. The van der Waals surface area contributed by atoms with Gasteiger partial charge in [0.05, 0.1) is 0 Å². The number of hydrogen-bond donors (Lipinski definition) is 2. The van der Waals surface area contributed by atoms with Crippen molar-refractivity contribution in [2.75, 3.05) is 11.9 Å². The number of amides is 1. The van der Waals surface area contributed by atoms with Gasteiger partial charge in [0, 0.05) is 5.92 Å². The van der Waals surface area contributed by atoms with Gasteiger partial charge in [0.1, 0.15) is 18.1 Å². The number of rotatable bonds is 4. The zero-order valence-corrected chi connectivity index (χ0v) is 10.7. The smallest absolute Gasteiger partial charge is 0.228 e. The first-order valence-corrected chi connectivity index (χ1v) is 6.08. The van der Waals surface area contributed by atoms with Crippen LogP contribution < -0.4 is 5.32 Å². The van der Waals surface area contributed by atoms with Gasteiger partial charge in [0.25, 0.3) is 0 Å². The van der Waals surface area contributed by atoms with E-state index in [0.717, 1.165) is 12.8 Å². The fourth-order valence-corrected chi connectivity index (χ4v) is 1.59. The molecule has 1 aromatic rings. The Labute approximate surface area is 107 Å². The van der Waals surface area contributed by atoms with Crippen LogP contribution in [0.2, 0.25) is 0 Å². The lowest BCUT2D eigenvalue weighted by atomic mass is 10.0. The summed E-state index contributed by atoms with van der Waals surface area (Å²) in [6.45, 7) is 3.78. The SMILES string of the molecule is CCC(CC)C(=O)Nc1cccc(C#CCO)n1. The first-order chi connectivity index (χ1) is 8.71. The Hall–Kier alpha value is -1.86. The Balaban J connectivity index is 2.76. The Kier molecular flexibility index (Phi) is 5.89. The van der Waals surface area contributed by atoms with Crippen LogP contribution in [0.5, 0.6) is 0 Å². The zero-order valence-electron chi connectivity index (χ0n) is 10.7. The molecule has 0 aliphatic heterocycles. The minimum Gasteiger partial charge on any atom is -0.384 e. The lowest BCUT2D eigenvalue weighted by Crippen LogP contribution is -2.22. The maximum atomic E-state index is 11.9. The lowest BCUT2D eigenvalue weighted by molar-refractivity contribution is -0.120. The van der Waals surface area contributed by atoms with Gasteiger partial charge < -0.3 is 10.4 Å². The largest absolute Gasteiger partial charge is 0.384 e. The predicted octanol–water partition coefficient (Wildman–Crippen LogP) is 1.80. The van der Waals surface area contributed by atoms with Crippen molar-refractivity contribution in [1.82, 2.24) is 4.98 Å². The third-order valence-electron chi connectivity index (χ3n) is 2.65. The van der Waals surface area contributed by atoms with Gasteiger partial charge in [0.2, 0.25) is 5.91 Å². The van der Waals surface area contributed by atoms with Crippen molar-refractivity contribution in [1.29, 1.82) is 0 Å². The quantitative estimate of drug-likeness (QED) is 0.796. The Morgan fingerprint density at radius 2 is 2.17 bits per heavy atom. The van der Waals surface area contributed by atoms with Gasteiger partial charge in [-0.1, -0.05) is 25.8 Å². The second kappa shape index (κ2) is 7.46. The molecule has 0 unspecified atom stereocenters. The van der Waals surface area contributed by atoms with E-state index in [4.69, 9.17) is 5.11 Å². The molecule has 0 fully saturated rings. The van der Waals surface area contributed by atoms with Crippen LogP contribution in [0.1, 0.15) is 32.4 Å². The molecule has 0 aliphatic carbocycles. The third kappa shape index (κ3) is 4.19. The number of hydrogen-bond acceptors (Lipinski definition) is 3. The molecule has 0 spiro atoms. The van der Waals surface area contributed by atoms with Crippen LogP contribution in [0.15, 0.2) is 18.2 Å². The highest BCUT2D eigenvalue weighted by Crippen LogP contribution is 2.11. The molecule has 1 rings (SSSR count). The van der Waals surface area contributed by atoms with Crippen molar-refractivity contribution in [3.8, 4) is 11.8 Å². The molecule has 0 atom stereocenters. The van der Waals surface area contributed by atoms with Gasteiger partial charge in [-0.3, -0.25) is 4.79 Å². The molecule has 0 bridgehead atoms. The van der Waals surface area contributed by atoms with E-state index < -0.39 is 0 Å². The first kappa shape index (κ1) is 14.2. The van der Waals surface area contributed by atoms with E-state index >= 15 is 0 Å². The average molecular weight is 246 g/mol. The molecule has 0 aliphatic rings. The van der Waals surface area contributed by atoms with E-state index in [-0.39, 0.29) is 18.4 Å². The summed E-state index contributed by atoms with van der Waals surface area (Å²) in [5, 5.41) is 11.4. The molecule has 1 heterocycles. The second-order valence-electron chi connectivity index (χ2n) is 3.87. The summed E-state index contributed by atoms with van der Waals surface area (Å²) in [4.78, 5) is 16.1. The molecule has 1 aromatic heterocycles. The van der Waals surface area contributed by atoms with E-state index in [9.17, 15) is 4.79 Å². The van der Waals surface area contributed by atoms with Gasteiger partial charge in [-0.15, -0.1) is 0 Å². The van der Waals surface area contributed by atoms with Gasteiger partial charge in [-0.2, -0.15) is 0 Å². The third-order valence-corrected chi connectivity index (χ3v) is 2.65. The summed E-state index contributed by atoms with van der Waals surface area (Å²) in [5.74, 6) is 5.72. The average Bonchev–Trinajstić information content (AvgIpc) is 2.38. The number of pyridine rings is 1. The zero-order chi connectivity index (χ0) is 13.4. The molecule has 0 radical (unpaired) electrons. The lowest BCUT2D eigenvalue weighted by Gasteiger charge is -2.12. The van der Waals surface area contributed by atoms with Gasteiger partial charge in [0.15, 0.2) is 0 Å². The summed E-state index contributed by atoms with van der Waals surface area (Å²) in [7, 11) is 0. The molecule has 0 saturated heterocycles. The number of carbonyl (C=O) groups excluding carboxylic acids is 1. The van der Waals surface area contributed by atoms with Gasteiger partial charge in [-0.25, -0.2) is 4.98 Å². The summed E-state index contributed by atoms with van der Waals surface area (Å²) in [6.07, 6.45) is 1.62. The topological polar surface area (TPSA) is 62.2 Å². The van der Waals surface area contributed by atoms with E-state index in [1.165, 1.54) is 0 Å². The second-order valence-corrected chi connectivity index (χ2v) is 3.87. The number of nitrogens with zero attached hydrogens (tertiary/aromatic N) is 1. The molecule has 18 heavy (non-hydrogen) atoms. The Bertz CT molecular complexity index is 456. The van der Waals surface area contributed by atoms with Crippen LogP contribution in [-0.2, 0) is 4.79 Å². The van der Waals surface area contributed by atoms with Crippen molar-refractivity contribution in [3.05, 3.63) is 23.9 Å². The van der Waals surface area contributed by atoms with Crippen molar-refractivity contribution in [3.63, 3.8) is 0 Å². The number of aliphatic hydroxyl groups excluding tert-OH is 1. The van der Waals surface area contributed by atoms with Crippen molar-refractivity contribution in [2.45, 2.75) is 26.7 Å². The molecule has 0 saturated carbocycles. The highest BCUT2D eigenvalue weighted by molar-refractivity contribution is 5.91. The highest BCUT2D eigenvalue weighted by Gasteiger charge is 2.14. The maximum Gasteiger partial charge on any atom is 0.228 e. The molecular weight excluding hydrogens is 228 g/mol. The van der Waals surface area contributed by atoms with Crippen LogP contribution in [0.25, 0.3) is 0 Å².